The molecule has 2 aromatic rings. The van der Waals surface area contributed by atoms with Gasteiger partial charge < -0.3 is 14.2 Å². The molecule has 0 unspecified atom stereocenters. The average molecular weight is 317 g/mol. The van der Waals surface area contributed by atoms with Gasteiger partial charge in [0, 0.05) is 26.2 Å². The van der Waals surface area contributed by atoms with E-state index in [9.17, 15) is 14.9 Å². The zero-order valence-corrected chi connectivity index (χ0v) is 13.2. The zero-order valence-electron chi connectivity index (χ0n) is 13.2. The largest absolute Gasteiger partial charge is 0.434 e. The molecule has 0 saturated carbocycles. The zero-order chi connectivity index (χ0) is 16.6. The predicted molar refractivity (Wildman–Crippen MR) is 88.2 cm³/mol. The van der Waals surface area contributed by atoms with Crippen molar-refractivity contribution in [3.8, 4) is 0 Å². The molecule has 7 nitrogen and oxygen atoms in total. The molecule has 122 valence electrons. The number of nitrogens with zero attached hydrogens (tertiary/aromatic N) is 3. The van der Waals surface area contributed by atoms with Crippen LogP contribution in [0.1, 0.15) is 12.5 Å². The summed E-state index contributed by atoms with van der Waals surface area (Å²) in [5, 5.41) is 11.7. The van der Waals surface area contributed by atoms with Crippen molar-refractivity contribution in [2.24, 2.45) is 0 Å². The Labute approximate surface area is 133 Å². The van der Waals surface area contributed by atoms with Crippen LogP contribution in [0.3, 0.4) is 0 Å². The molecule has 0 aliphatic carbocycles. The molecular formula is C16H19N3O4. The maximum atomic E-state index is 12.6. The van der Waals surface area contributed by atoms with Gasteiger partial charge in [0.15, 0.2) is 0 Å². The first-order chi connectivity index (χ1) is 11.0. The van der Waals surface area contributed by atoms with Crippen LogP contribution < -0.4 is 10.3 Å². The van der Waals surface area contributed by atoms with Gasteiger partial charge in [0.1, 0.15) is 5.58 Å². The van der Waals surface area contributed by atoms with Gasteiger partial charge in [0.25, 0.3) is 11.3 Å². The van der Waals surface area contributed by atoms with E-state index in [0.29, 0.717) is 18.7 Å². The van der Waals surface area contributed by atoms with Gasteiger partial charge in [-0.3, -0.25) is 14.9 Å². The minimum atomic E-state index is -0.630. The monoisotopic (exact) mass is 317 g/mol. The summed E-state index contributed by atoms with van der Waals surface area (Å²) in [4.78, 5) is 27.4. The van der Waals surface area contributed by atoms with Crippen LogP contribution >= 0.6 is 0 Å². The van der Waals surface area contributed by atoms with Crippen LogP contribution in [0.15, 0.2) is 27.4 Å². The Morgan fingerprint density at radius 3 is 2.57 bits per heavy atom. The Morgan fingerprint density at radius 2 is 1.96 bits per heavy atom. The van der Waals surface area contributed by atoms with Crippen LogP contribution in [0, 0.1) is 17.0 Å². The Hall–Kier alpha value is -2.41. The number of nitro groups is 1. The molecule has 1 aliphatic rings. The molecule has 1 aromatic heterocycles. The number of fused-ring (bicyclic) bond motifs is 1. The highest BCUT2D eigenvalue weighted by Gasteiger charge is 2.30. The van der Waals surface area contributed by atoms with E-state index in [1.807, 2.05) is 13.0 Å². The molecule has 3 rings (SSSR count). The molecule has 23 heavy (non-hydrogen) atoms. The molecule has 0 atom stereocenters. The molecule has 1 aromatic carbocycles. The number of piperazine rings is 1. The third-order valence-corrected chi connectivity index (χ3v) is 4.29. The van der Waals surface area contributed by atoms with Crippen molar-refractivity contribution in [2.45, 2.75) is 13.8 Å². The smallest absolute Gasteiger partial charge is 0.376 e. The highest BCUT2D eigenvalue weighted by atomic mass is 16.6. The van der Waals surface area contributed by atoms with Gasteiger partial charge in [-0.25, -0.2) is 0 Å². The maximum Gasteiger partial charge on any atom is 0.376 e. The van der Waals surface area contributed by atoms with Gasteiger partial charge >= 0.3 is 5.69 Å². The molecule has 0 spiro atoms. The molecule has 0 radical (unpaired) electrons. The van der Waals surface area contributed by atoms with Gasteiger partial charge in [-0.2, -0.15) is 0 Å². The van der Waals surface area contributed by atoms with Crippen LogP contribution in [-0.4, -0.2) is 42.5 Å². The van der Waals surface area contributed by atoms with Crippen molar-refractivity contribution in [1.29, 1.82) is 0 Å². The molecule has 0 N–H and O–H groups in total. The average Bonchev–Trinajstić information content (AvgIpc) is 2.55. The lowest BCUT2D eigenvalue weighted by atomic mass is 10.1. The first-order valence-electron chi connectivity index (χ1n) is 7.70. The molecular weight excluding hydrogens is 298 g/mol. The third-order valence-electron chi connectivity index (χ3n) is 4.29. The normalized spacial score (nSPS) is 16.0. The first kappa shape index (κ1) is 15.5. The lowest BCUT2D eigenvalue weighted by Crippen LogP contribution is -2.46. The number of aryl methyl sites for hydroxylation is 1. The second kappa shape index (κ2) is 6.00. The van der Waals surface area contributed by atoms with Gasteiger partial charge in [-0.1, -0.05) is 18.6 Å². The second-order valence-electron chi connectivity index (χ2n) is 5.76. The van der Waals surface area contributed by atoms with E-state index in [-0.39, 0.29) is 11.3 Å². The van der Waals surface area contributed by atoms with E-state index in [1.165, 1.54) is 0 Å². The van der Waals surface area contributed by atoms with Gasteiger partial charge in [-0.15, -0.1) is 0 Å². The lowest BCUT2D eigenvalue weighted by Gasteiger charge is -2.33. The van der Waals surface area contributed by atoms with E-state index in [1.54, 1.807) is 17.0 Å². The number of hydrogen-bond donors (Lipinski definition) is 0. The van der Waals surface area contributed by atoms with Crippen LogP contribution in [-0.2, 0) is 0 Å². The highest BCUT2D eigenvalue weighted by molar-refractivity contribution is 5.82. The van der Waals surface area contributed by atoms with Crippen molar-refractivity contribution in [2.75, 3.05) is 37.6 Å². The van der Waals surface area contributed by atoms with Crippen molar-refractivity contribution in [3.05, 3.63) is 44.1 Å². The highest BCUT2D eigenvalue weighted by Crippen LogP contribution is 2.30. The van der Waals surface area contributed by atoms with E-state index in [2.05, 4.69) is 11.8 Å². The molecule has 2 heterocycles. The minimum Gasteiger partial charge on any atom is -0.434 e. The summed E-state index contributed by atoms with van der Waals surface area (Å²) in [6.45, 7) is 7.66. The standard InChI is InChI=1S/C16H19N3O4/c1-3-17-6-8-18(9-7-17)16-14(19(21)22)15(20)12-10-11(2)4-5-13(12)23-16/h4-5,10H,3,6-9H2,1-2H3. The van der Waals surface area contributed by atoms with Gasteiger partial charge in [-0.05, 0) is 25.6 Å². The van der Waals surface area contributed by atoms with E-state index in [4.69, 9.17) is 4.42 Å². The molecule has 1 fully saturated rings. The number of benzene rings is 1. The van der Waals surface area contributed by atoms with E-state index < -0.39 is 16.0 Å². The van der Waals surface area contributed by atoms with Crippen LogP contribution in [0.4, 0.5) is 11.6 Å². The quantitative estimate of drug-likeness (QED) is 0.637. The second-order valence-corrected chi connectivity index (χ2v) is 5.76. The fourth-order valence-electron chi connectivity index (χ4n) is 2.93. The van der Waals surface area contributed by atoms with Crippen molar-refractivity contribution >= 4 is 22.5 Å². The molecule has 1 saturated heterocycles. The maximum absolute atomic E-state index is 12.6. The van der Waals surface area contributed by atoms with Crippen LogP contribution in [0.2, 0.25) is 0 Å². The summed E-state index contributed by atoms with van der Waals surface area (Å²) in [5.74, 6) is 0.0760. The van der Waals surface area contributed by atoms with Crippen LogP contribution in [0.5, 0.6) is 0 Å². The van der Waals surface area contributed by atoms with Crippen molar-refractivity contribution in [3.63, 3.8) is 0 Å². The fourth-order valence-corrected chi connectivity index (χ4v) is 2.93. The van der Waals surface area contributed by atoms with Crippen molar-refractivity contribution < 1.29 is 9.34 Å². The summed E-state index contributed by atoms with van der Waals surface area (Å²) in [7, 11) is 0. The number of rotatable bonds is 3. The Kier molecular flexibility index (Phi) is 4.04. The summed E-state index contributed by atoms with van der Waals surface area (Å²) >= 11 is 0. The topological polar surface area (TPSA) is 79.8 Å². The molecule has 0 amide bonds. The Morgan fingerprint density at radius 1 is 1.26 bits per heavy atom. The van der Waals surface area contributed by atoms with Crippen LogP contribution in [0.25, 0.3) is 11.0 Å². The van der Waals surface area contributed by atoms with Gasteiger partial charge in [0.05, 0.1) is 10.3 Å². The molecule has 0 bridgehead atoms. The number of anilines is 1. The molecule has 7 heteroatoms. The van der Waals surface area contributed by atoms with Crippen molar-refractivity contribution in [1.82, 2.24) is 4.90 Å². The number of hydrogen-bond acceptors (Lipinski definition) is 6. The summed E-state index contributed by atoms with van der Waals surface area (Å²) in [5.41, 5.74) is 0.212. The molecule has 1 aliphatic heterocycles. The lowest BCUT2D eigenvalue weighted by molar-refractivity contribution is -0.385. The minimum absolute atomic E-state index is 0.0760. The third kappa shape index (κ3) is 2.79. The Bertz CT molecular complexity index is 807. The first-order valence-corrected chi connectivity index (χ1v) is 7.70. The summed E-state index contributed by atoms with van der Waals surface area (Å²) < 4.78 is 5.76. The summed E-state index contributed by atoms with van der Waals surface area (Å²) in [6, 6.07) is 5.16. The summed E-state index contributed by atoms with van der Waals surface area (Å²) in [6.07, 6.45) is 0. The van der Waals surface area contributed by atoms with E-state index >= 15 is 0 Å². The number of likely N-dealkylation sites (N-methyl/N-ethyl adjacent to an activating group) is 1. The SMILES string of the molecule is CCN1CCN(c2oc3ccc(C)cc3c(=O)c2[N+](=O)[O-])CC1. The Balaban J connectivity index is 2.12. The fraction of sp³-hybridized carbons (Fsp3) is 0.438. The predicted octanol–water partition coefficient (Wildman–Crippen LogP) is 2.15. The van der Waals surface area contributed by atoms with E-state index in [0.717, 1.165) is 25.2 Å². The van der Waals surface area contributed by atoms with Gasteiger partial charge in [0.2, 0.25) is 0 Å².